The highest BCUT2D eigenvalue weighted by Crippen LogP contribution is 2.36. The molecule has 2 heterocycles. The molecule has 30 heavy (non-hydrogen) atoms. The Labute approximate surface area is 184 Å². The first-order valence-electron chi connectivity index (χ1n) is 9.61. The van der Waals surface area contributed by atoms with Crippen LogP contribution in [0.15, 0.2) is 87.8 Å². The van der Waals surface area contributed by atoms with Crippen LogP contribution in [0.3, 0.4) is 0 Å². The molecule has 0 saturated carbocycles. The molecule has 2 aromatic carbocycles. The van der Waals surface area contributed by atoms with E-state index in [1.807, 2.05) is 54.6 Å². The van der Waals surface area contributed by atoms with Gasteiger partial charge >= 0.3 is 0 Å². The monoisotopic (exact) mass is 434 g/mol. The van der Waals surface area contributed by atoms with Crippen molar-refractivity contribution < 1.29 is 4.79 Å². The van der Waals surface area contributed by atoms with Crippen molar-refractivity contribution >= 4 is 40.3 Å². The number of carbonyl (C=O) groups excluding carboxylic acids is 1. The number of nitrogens with zero attached hydrogens (tertiary/aromatic N) is 2. The number of carbonyl (C=O) groups is 1. The van der Waals surface area contributed by atoms with Crippen LogP contribution in [-0.4, -0.2) is 21.8 Å². The summed E-state index contributed by atoms with van der Waals surface area (Å²) in [6, 6.07) is 21.3. The van der Waals surface area contributed by atoms with E-state index in [-0.39, 0.29) is 11.4 Å². The summed E-state index contributed by atoms with van der Waals surface area (Å²) in [5.41, 5.74) is 7.88. The second-order valence-electron chi connectivity index (χ2n) is 7.13. The van der Waals surface area contributed by atoms with Crippen LogP contribution in [0.5, 0.6) is 0 Å². The number of anilines is 1. The first-order chi connectivity index (χ1) is 14.5. The highest BCUT2D eigenvalue weighted by Gasteiger charge is 2.29. The van der Waals surface area contributed by atoms with Gasteiger partial charge in [-0.25, -0.2) is 4.98 Å². The highest BCUT2D eigenvalue weighted by molar-refractivity contribution is 8.13. The molecule has 1 unspecified atom stereocenters. The summed E-state index contributed by atoms with van der Waals surface area (Å²) in [6.45, 7) is 2.08. The zero-order chi connectivity index (χ0) is 21.0. The van der Waals surface area contributed by atoms with Gasteiger partial charge in [0.2, 0.25) is 0 Å². The normalized spacial score (nSPS) is 18.5. The van der Waals surface area contributed by atoms with E-state index >= 15 is 0 Å². The minimum Gasteiger partial charge on any atom is -0.379 e. The molecule has 152 valence electrons. The second kappa shape index (κ2) is 8.93. The molecule has 0 saturated heterocycles. The molecule has 0 radical (unpaired) electrons. The fourth-order valence-corrected chi connectivity index (χ4v) is 5.15. The van der Waals surface area contributed by atoms with Crippen LogP contribution in [0, 0.1) is 0 Å². The number of amidine groups is 1. The number of pyridine rings is 1. The smallest absolute Gasteiger partial charge is 0.258 e. The molecule has 3 N–H and O–H groups in total. The summed E-state index contributed by atoms with van der Waals surface area (Å²) in [5, 5.41) is 4.29. The third-order valence-electron chi connectivity index (χ3n) is 4.91. The summed E-state index contributed by atoms with van der Waals surface area (Å²) >= 11 is 3.05. The molecule has 0 aliphatic carbocycles. The summed E-state index contributed by atoms with van der Waals surface area (Å²) in [4.78, 5) is 23.1. The number of rotatable bonds is 5. The van der Waals surface area contributed by atoms with E-state index in [0.717, 1.165) is 28.3 Å². The molecule has 1 aliphatic heterocycles. The lowest BCUT2D eigenvalue weighted by Crippen LogP contribution is -2.28. The fraction of sp³-hybridized carbons (Fsp3) is 0.174. The highest BCUT2D eigenvalue weighted by atomic mass is 32.2. The summed E-state index contributed by atoms with van der Waals surface area (Å²) in [7, 11) is 0. The zero-order valence-electron chi connectivity index (χ0n) is 16.5. The van der Waals surface area contributed by atoms with Crippen LogP contribution in [0.25, 0.3) is 0 Å². The number of thioether (sulfide) groups is 1. The van der Waals surface area contributed by atoms with Gasteiger partial charge in [0.1, 0.15) is 5.03 Å². The van der Waals surface area contributed by atoms with Gasteiger partial charge in [0, 0.05) is 22.5 Å². The Bertz CT molecular complexity index is 1090. The molecule has 7 heteroatoms. The Hall–Kier alpha value is -2.77. The van der Waals surface area contributed by atoms with E-state index < -0.39 is 0 Å². The number of aliphatic imine (C=N–C) groups is 1. The van der Waals surface area contributed by atoms with Crippen molar-refractivity contribution in [2.45, 2.75) is 28.8 Å². The average molecular weight is 435 g/mol. The van der Waals surface area contributed by atoms with E-state index in [1.165, 1.54) is 11.8 Å². The van der Waals surface area contributed by atoms with Crippen LogP contribution in [0.4, 0.5) is 5.69 Å². The molecular formula is C23H22N4OS2. The van der Waals surface area contributed by atoms with Gasteiger partial charge < -0.3 is 11.1 Å². The lowest BCUT2D eigenvalue weighted by Gasteiger charge is -2.30. The maximum Gasteiger partial charge on any atom is 0.258 e. The van der Waals surface area contributed by atoms with Crippen molar-refractivity contribution in [2.75, 3.05) is 11.1 Å². The number of nitrogens with two attached hydrogens (primary N) is 1. The van der Waals surface area contributed by atoms with E-state index in [9.17, 15) is 4.79 Å². The number of aromatic nitrogens is 1. The first-order valence-corrected chi connectivity index (χ1v) is 11.4. The maximum atomic E-state index is 13.0. The summed E-state index contributed by atoms with van der Waals surface area (Å²) < 4.78 is 0. The number of amides is 1. The van der Waals surface area contributed by atoms with Crippen LogP contribution in [-0.2, 0) is 5.54 Å². The second-order valence-corrected chi connectivity index (χ2v) is 9.31. The third kappa shape index (κ3) is 4.68. The Morgan fingerprint density at radius 1 is 1.13 bits per heavy atom. The van der Waals surface area contributed by atoms with E-state index in [4.69, 9.17) is 5.73 Å². The van der Waals surface area contributed by atoms with Gasteiger partial charge in [-0.1, -0.05) is 53.9 Å². The molecule has 4 rings (SSSR count). The maximum absolute atomic E-state index is 13.0. The number of hydrogen-bond acceptors (Lipinski definition) is 6. The van der Waals surface area contributed by atoms with Crippen LogP contribution >= 0.6 is 23.5 Å². The number of nitrogens with one attached hydrogen (secondary N) is 1. The van der Waals surface area contributed by atoms with E-state index in [2.05, 4.69) is 22.2 Å². The van der Waals surface area contributed by atoms with Crippen LogP contribution in [0.2, 0.25) is 0 Å². The predicted molar refractivity (Wildman–Crippen MR) is 125 cm³/mol. The molecule has 0 spiro atoms. The minimum absolute atomic E-state index is 0.189. The van der Waals surface area contributed by atoms with Gasteiger partial charge in [0.05, 0.1) is 11.1 Å². The van der Waals surface area contributed by atoms with Crippen LogP contribution < -0.4 is 11.1 Å². The summed E-state index contributed by atoms with van der Waals surface area (Å²) in [5.74, 6) is 0.740. The van der Waals surface area contributed by atoms with Gasteiger partial charge in [-0.2, -0.15) is 0 Å². The van der Waals surface area contributed by atoms with Crippen molar-refractivity contribution in [3.05, 3.63) is 84.1 Å². The van der Waals surface area contributed by atoms with E-state index in [1.54, 1.807) is 30.1 Å². The quantitative estimate of drug-likeness (QED) is 0.580. The SMILES string of the molecule is CC1(c2cccc(NC(=O)c3cccnc3Sc3ccccc3)c2)CCSC(N)=N1. The Morgan fingerprint density at radius 2 is 1.97 bits per heavy atom. The van der Waals surface area contributed by atoms with Crippen molar-refractivity contribution in [1.82, 2.24) is 4.98 Å². The van der Waals surface area contributed by atoms with Crippen molar-refractivity contribution in [1.29, 1.82) is 0 Å². The minimum atomic E-state index is -0.376. The number of hydrogen-bond donors (Lipinski definition) is 2. The predicted octanol–water partition coefficient (Wildman–Crippen LogP) is 5.15. The lowest BCUT2D eigenvalue weighted by atomic mass is 9.89. The van der Waals surface area contributed by atoms with Crippen molar-refractivity contribution in [2.24, 2.45) is 10.7 Å². The van der Waals surface area contributed by atoms with Crippen molar-refractivity contribution in [3.63, 3.8) is 0 Å². The van der Waals surface area contributed by atoms with Gasteiger partial charge in [-0.15, -0.1) is 0 Å². The van der Waals surface area contributed by atoms with Gasteiger partial charge in [0.25, 0.3) is 5.91 Å². The van der Waals surface area contributed by atoms with Gasteiger partial charge in [0.15, 0.2) is 5.17 Å². The third-order valence-corrected chi connectivity index (χ3v) is 6.73. The van der Waals surface area contributed by atoms with Gasteiger partial charge in [-0.05, 0) is 55.3 Å². The van der Waals surface area contributed by atoms with Crippen molar-refractivity contribution in [3.8, 4) is 0 Å². The molecule has 1 aliphatic rings. The lowest BCUT2D eigenvalue weighted by molar-refractivity contribution is 0.102. The Kier molecular flexibility index (Phi) is 6.11. The summed E-state index contributed by atoms with van der Waals surface area (Å²) in [6.07, 6.45) is 2.60. The molecule has 0 bridgehead atoms. The zero-order valence-corrected chi connectivity index (χ0v) is 18.2. The molecule has 0 fully saturated rings. The van der Waals surface area contributed by atoms with E-state index in [0.29, 0.717) is 15.8 Å². The largest absolute Gasteiger partial charge is 0.379 e. The molecule has 3 aromatic rings. The molecule has 1 aromatic heterocycles. The fourth-order valence-electron chi connectivity index (χ4n) is 3.27. The number of benzene rings is 2. The Morgan fingerprint density at radius 3 is 2.77 bits per heavy atom. The molecule has 1 atom stereocenters. The average Bonchev–Trinajstić information content (AvgIpc) is 2.75. The molecular weight excluding hydrogens is 412 g/mol. The van der Waals surface area contributed by atoms with Gasteiger partial charge in [-0.3, -0.25) is 9.79 Å². The Balaban J connectivity index is 1.56. The first kappa shape index (κ1) is 20.5. The molecule has 1 amide bonds. The molecule has 5 nitrogen and oxygen atoms in total. The standard InChI is InChI=1S/C23H22N4OS2/c1-23(12-14-29-22(24)27-23)16-7-5-8-17(15-16)26-20(28)19-11-6-13-25-21(19)30-18-9-3-2-4-10-18/h2-11,13,15H,12,14H2,1H3,(H2,24,27)(H,26,28). The van der Waals surface area contributed by atoms with Crippen LogP contribution in [0.1, 0.15) is 29.3 Å². The topological polar surface area (TPSA) is 80.4 Å².